The fourth-order valence-electron chi connectivity index (χ4n) is 3.50. The number of benzene rings is 2. The first-order chi connectivity index (χ1) is 16.5. The molecule has 2 N–H and O–H groups in total. The molecule has 0 fully saturated rings. The number of hydrogen-bond donors (Lipinski definition) is 2. The number of nitrogens with zero attached hydrogens (tertiary/aromatic N) is 3. The van der Waals surface area contributed by atoms with Gasteiger partial charge in [-0.25, -0.2) is 4.39 Å². The first-order valence-electron chi connectivity index (χ1n) is 10.4. The average molecular weight is 460 g/mol. The molecule has 4 rings (SSSR count). The highest BCUT2D eigenvalue weighted by Crippen LogP contribution is 2.24. The van der Waals surface area contributed by atoms with E-state index in [9.17, 15) is 19.1 Å². The summed E-state index contributed by atoms with van der Waals surface area (Å²) in [5.74, 6) is -2.07. The summed E-state index contributed by atoms with van der Waals surface area (Å²) < 4.78 is 20.7. The van der Waals surface area contributed by atoms with Crippen molar-refractivity contribution in [2.24, 2.45) is 0 Å². The number of pyridine rings is 1. The lowest BCUT2D eigenvalue weighted by atomic mass is 10.0. The number of amides is 1. The highest BCUT2D eigenvalue weighted by molar-refractivity contribution is 5.93. The molecule has 34 heavy (non-hydrogen) atoms. The molecular formula is C25H21FN4O4. The summed E-state index contributed by atoms with van der Waals surface area (Å²) in [6.07, 6.45) is 1.35. The second kappa shape index (κ2) is 9.95. The highest BCUT2D eigenvalue weighted by atomic mass is 19.1. The van der Waals surface area contributed by atoms with Crippen molar-refractivity contribution in [3.63, 3.8) is 0 Å². The molecule has 172 valence electrons. The van der Waals surface area contributed by atoms with Crippen LogP contribution in [0.25, 0.3) is 16.9 Å². The molecule has 0 saturated carbocycles. The number of carboxylic acids is 1. The molecule has 0 bridgehead atoms. The van der Waals surface area contributed by atoms with Gasteiger partial charge in [0.05, 0.1) is 25.3 Å². The molecule has 2 aromatic heterocycles. The van der Waals surface area contributed by atoms with Gasteiger partial charge in [-0.1, -0.05) is 42.5 Å². The molecule has 1 unspecified atom stereocenters. The zero-order valence-corrected chi connectivity index (χ0v) is 18.2. The van der Waals surface area contributed by atoms with E-state index < -0.39 is 23.7 Å². The van der Waals surface area contributed by atoms with Gasteiger partial charge in [0.1, 0.15) is 11.5 Å². The minimum atomic E-state index is -1.08. The van der Waals surface area contributed by atoms with E-state index in [1.807, 2.05) is 30.3 Å². The fourth-order valence-corrected chi connectivity index (χ4v) is 3.50. The van der Waals surface area contributed by atoms with Gasteiger partial charge in [0.25, 0.3) is 5.91 Å². The van der Waals surface area contributed by atoms with Gasteiger partial charge in [0.2, 0.25) is 5.88 Å². The lowest BCUT2D eigenvalue weighted by Crippen LogP contribution is -2.30. The van der Waals surface area contributed by atoms with Crippen LogP contribution in [-0.4, -0.2) is 38.9 Å². The first kappa shape index (κ1) is 22.7. The van der Waals surface area contributed by atoms with Crippen LogP contribution in [0.15, 0.2) is 79.0 Å². The van der Waals surface area contributed by atoms with Gasteiger partial charge in [-0.3, -0.25) is 14.6 Å². The second-order valence-corrected chi connectivity index (χ2v) is 7.40. The Kier molecular flexibility index (Phi) is 6.63. The molecule has 0 aliphatic carbocycles. The van der Waals surface area contributed by atoms with Crippen molar-refractivity contribution >= 4 is 11.9 Å². The molecule has 8 nitrogen and oxygen atoms in total. The maximum atomic E-state index is 14.2. The number of carboxylic acid groups (broad SMARTS) is 1. The topological polar surface area (TPSA) is 106 Å². The van der Waals surface area contributed by atoms with E-state index in [-0.39, 0.29) is 23.7 Å². The molecule has 4 aromatic rings. The van der Waals surface area contributed by atoms with Crippen molar-refractivity contribution in [2.45, 2.75) is 12.5 Å². The number of nitrogens with one attached hydrogen (secondary N) is 1. The van der Waals surface area contributed by atoms with Crippen molar-refractivity contribution in [3.8, 4) is 22.8 Å². The normalized spacial score (nSPS) is 11.6. The Balaban J connectivity index is 1.59. The summed E-state index contributed by atoms with van der Waals surface area (Å²) in [6.45, 7) is 0. The van der Waals surface area contributed by atoms with E-state index in [1.165, 1.54) is 36.1 Å². The Labute approximate surface area is 194 Å². The van der Waals surface area contributed by atoms with Crippen molar-refractivity contribution in [3.05, 3.63) is 96.1 Å². The molecule has 0 radical (unpaired) electrons. The number of carbonyl (C=O) groups excluding carboxylic acids is 1. The summed E-state index contributed by atoms with van der Waals surface area (Å²) >= 11 is 0. The fraction of sp³-hybridized carbons (Fsp3) is 0.120. The van der Waals surface area contributed by atoms with Crippen LogP contribution in [-0.2, 0) is 4.79 Å². The predicted molar refractivity (Wildman–Crippen MR) is 122 cm³/mol. The van der Waals surface area contributed by atoms with Crippen LogP contribution < -0.4 is 10.1 Å². The van der Waals surface area contributed by atoms with Gasteiger partial charge in [0, 0.05) is 17.8 Å². The predicted octanol–water partition coefficient (Wildman–Crippen LogP) is 4.03. The standard InChI is InChI=1S/C25H21FN4O4/c1-34-23-14-21(29-30(23)22-8-3-2-6-18(22)26)25(33)28-20(15-24(31)32)17-11-9-16(10-12-17)19-7-4-5-13-27-19/h2-14,20H,15H2,1H3,(H,28,33)(H,31,32). The summed E-state index contributed by atoms with van der Waals surface area (Å²) in [7, 11) is 1.38. The first-order valence-corrected chi connectivity index (χ1v) is 10.4. The molecule has 0 saturated heterocycles. The third kappa shape index (κ3) is 4.93. The van der Waals surface area contributed by atoms with Gasteiger partial charge in [-0.15, -0.1) is 0 Å². The number of carbonyl (C=O) groups is 2. The average Bonchev–Trinajstić information content (AvgIpc) is 3.29. The molecule has 1 atom stereocenters. The van der Waals surface area contributed by atoms with Crippen molar-refractivity contribution in [1.82, 2.24) is 20.1 Å². The van der Waals surface area contributed by atoms with Gasteiger partial charge < -0.3 is 15.2 Å². The van der Waals surface area contributed by atoms with E-state index in [4.69, 9.17) is 4.74 Å². The Morgan fingerprint density at radius 1 is 1.09 bits per heavy atom. The summed E-state index contributed by atoms with van der Waals surface area (Å²) in [6, 6.07) is 19.2. The SMILES string of the molecule is COc1cc(C(=O)NC(CC(=O)O)c2ccc(-c3ccccn3)cc2)nn1-c1ccccc1F. The Morgan fingerprint density at radius 3 is 2.47 bits per heavy atom. The third-order valence-electron chi connectivity index (χ3n) is 5.16. The Morgan fingerprint density at radius 2 is 1.82 bits per heavy atom. The van der Waals surface area contributed by atoms with Gasteiger partial charge in [-0.2, -0.15) is 9.78 Å². The van der Waals surface area contributed by atoms with Crippen LogP contribution in [0.3, 0.4) is 0 Å². The number of halogens is 1. The van der Waals surface area contributed by atoms with Crippen LogP contribution in [0, 0.1) is 5.82 Å². The van der Waals surface area contributed by atoms with E-state index in [0.717, 1.165) is 11.3 Å². The molecule has 0 aliphatic heterocycles. The number of ether oxygens (including phenoxy) is 1. The van der Waals surface area contributed by atoms with Crippen molar-refractivity contribution < 1.29 is 23.8 Å². The van der Waals surface area contributed by atoms with Gasteiger partial charge in [0.15, 0.2) is 5.69 Å². The van der Waals surface area contributed by atoms with Crippen LogP contribution in [0.4, 0.5) is 4.39 Å². The van der Waals surface area contributed by atoms with E-state index in [1.54, 1.807) is 24.4 Å². The van der Waals surface area contributed by atoms with Crippen LogP contribution >= 0.6 is 0 Å². The van der Waals surface area contributed by atoms with Crippen LogP contribution in [0.1, 0.15) is 28.5 Å². The number of aliphatic carboxylic acids is 1. The zero-order valence-electron chi connectivity index (χ0n) is 18.2. The summed E-state index contributed by atoms with van der Waals surface area (Å²) in [5, 5.41) is 16.3. The molecule has 9 heteroatoms. The Hall–Kier alpha value is -4.53. The number of hydrogen-bond acceptors (Lipinski definition) is 5. The molecule has 1 amide bonds. The highest BCUT2D eigenvalue weighted by Gasteiger charge is 2.23. The molecule has 2 heterocycles. The lowest BCUT2D eigenvalue weighted by Gasteiger charge is -2.17. The quantitative estimate of drug-likeness (QED) is 0.411. The number of para-hydroxylation sites is 1. The summed E-state index contributed by atoms with van der Waals surface area (Å²) in [4.78, 5) is 28.7. The molecule has 0 aliphatic rings. The number of methoxy groups -OCH3 is 1. The minimum Gasteiger partial charge on any atom is -0.481 e. The third-order valence-corrected chi connectivity index (χ3v) is 5.16. The molecule has 2 aromatic carbocycles. The zero-order chi connectivity index (χ0) is 24.1. The van der Waals surface area contributed by atoms with Crippen molar-refractivity contribution in [1.29, 1.82) is 0 Å². The van der Waals surface area contributed by atoms with Gasteiger partial charge in [-0.05, 0) is 29.8 Å². The van der Waals surface area contributed by atoms with E-state index >= 15 is 0 Å². The van der Waals surface area contributed by atoms with E-state index in [2.05, 4.69) is 15.4 Å². The van der Waals surface area contributed by atoms with Crippen LogP contribution in [0.5, 0.6) is 5.88 Å². The number of rotatable bonds is 8. The van der Waals surface area contributed by atoms with Crippen molar-refractivity contribution in [2.75, 3.05) is 7.11 Å². The maximum absolute atomic E-state index is 14.2. The maximum Gasteiger partial charge on any atom is 0.305 e. The second-order valence-electron chi connectivity index (χ2n) is 7.40. The summed E-state index contributed by atoms with van der Waals surface area (Å²) in [5.41, 5.74) is 2.32. The Bertz CT molecular complexity index is 1310. The number of aromatic nitrogens is 3. The monoisotopic (exact) mass is 460 g/mol. The van der Waals surface area contributed by atoms with Gasteiger partial charge >= 0.3 is 5.97 Å². The lowest BCUT2D eigenvalue weighted by molar-refractivity contribution is -0.137. The molecule has 0 spiro atoms. The van der Waals surface area contributed by atoms with E-state index in [0.29, 0.717) is 5.56 Å². The largest absolute Gasteiger partial charge is 0.481 e. The minimum absolute atomic E-state index is 0.0411. The smallest absolute Gasteiger partial charge is 0.305 e. The molecular weight excluding hydrogens is 439 g/mol. The van der Waals surface area contributed by atoms with Crippen LogP contribution in [0.2, 0.25) is 0 Å².